The number of nitrogens with zero attached hydrogens (tertiary/aromatic N) is 4. The molecule has 0 aromatic carbocycles. The van der Waals surface area contributed by atoms with Gasteiger partial charge in [0.05, 0.1) is 16.4 Å². The Morgan fingerprint density at radius 3 is 2.52 bits per heavy atom. The summed E-state index contributed by atoms with van der Waals surface area (Å²) in [6.07, 6.45) is 6.87. The Bertz CT molecular complexity index is 567. The monoisotopic (exact) mass is 307 g/mol. The van der Waals surface area contributed by atoms with Gasteiger partial charge in [0.2, 0.25) is 0 Å². The molecule has 6 heteroatoms. The smallest absolute Gasteiger partial charge is 0.115 e. The maximum Gasteiger partial charge on any atom is 0.115 e. The summed E-state index contributed by atoms with van der Waals surface area (Å²) in [5.74, 6) is 0. The van der Waals surface area contributed by atoms with Crippen molar-refractivity contribution in [1.29, 1.82) is 0 Å². The molecule has 0 aliphatic heterocycles. The molecule has 2 aromatic rings. The molecule has 21 heavy (non-hydrogen) atoms. The highest BCUT2D eigenvalue weighted by Crippen LogP contribution is 2.26. The summed E-state index contributed by atoms with van der Waals surface area (Å²) in [5.41, 5.74) is 3.11. The summed E-state index contributed by atoms with van der Waals surface area (Å²) in [6.45, 7) is 7.94. The van der Waals surface area contributed by atoms with Crippen LogP contribution in [0.4, 0.5) is 0 Å². The molecular formula is C15H22ClN5. The van der Waals surface area contributed by atoms with Crippen LogP contribution >= 0.6 is 11.6 Å². The summed E-state index contributed by atoms with van der Waals surface area (Å²) in [5, 5.41) is 8.84. The zero-order chi connectivity index (χ0) is 15.2. The second-order valence-corrected chi connectivity index (χ2v) is 5.24. The van der Waals surface area contributed by atoms with Crippen molar-refractivity contribution in [3.8, 4) is 0 Å². The van der Waals surface area contributed by atoms with Crippen molar-refractivity contribution in [2.45, 2.75) is 46.2 Å². The van der Waals surface area contributed by atoms with Crippen LogP contribution in [-0.2, 0) is 19.4 Å². The molecule has 2 rings (SSSR count). The number of aromatic nitrogens is 4. The summed E-state index contributed by atoms with van der Waals surface area (Å²) in [7, 11) is 0. The van der Waals surface area contributed by atoms with Crippen molar-refractivity contribution >= 4 is 11.6 Å². The van der Waals surface area contributed by atoms with E-state index in [0.717, 1.165) is 47.9 Å². The van der Waals surface area contributed by atoms with Crippen LogP contribution in [0.25, 0.3) is 0 Å². The van der Waals surface area contributed by atoms with E-state index in [9.17, 15) is 0 Å². The van der Waals surface area contributed by atoms with Crippen LogP contribution in [0.3, 0.4) is 0 Å². The molecule has 114 valence electrons. The first-order valence-corrected chi connectivity index (χ1v) is 7.81. The van der Waals surface area contributed by atoms with Gasteiger partial charge in [-0.2, -0.15) is 5.10 Å². The van der Waals surface area contributed by atoms with Gasteiger partial charge in [-0.05, 0) is 19.9 Å². The molecule has 0 radical (unpaired) electrons. The standard InChI is InChI=1S/C15H22ClN5/c1-4-12-15(16)14(21(6-3)20-12)7-13(19-5-2)11-8-17-10-18-9-11/h8-10,13,19H,4-7H2,1-3H3. The molecule has 1 N–H and O–H groups in total. The zero-order valence-corrected chi connectivity index (χ0v) is 13.6. The molecule has 0 aliphatic carbocycles. The van der Waals surface area contributed by atoms with Crippen LogP contribution in [0.1, 0.15) is 43.8 Å². The van der Waals surface area contributed by atoms with Crippen LogP contribution in [-0.4, -0.2) is 26.3 Å². The molecule has 2 heterocycles. The molecule has 0 saturated carbocycles. The van der Waals surface area contributed by atoms with Gasteiger partial charge in [-0.1, -0.05) is 25.4 Å². The first-order chi connectivity index (χ1) is 10.2. The predicted molar refractivity (Wildman–Crippen MR) is 84.4 cm³/mol. The summed E-state index contributed by atoms with van der Waals surface area (Å²) >= 11 is 6.50. The maximum absolute atomic E-state index is 6.50. The van der Waals surface area contributed by atoms with E-state index in [1.807, 2.05) is 17.1 Å². The van der Waals surface area contributed by atoms with Crippen LogP contribution in [0.5, 0.6) is 0 Å². The molecule has 0 bridgehead atoms. The lowest BCUT2D eigenvalue weighted by Crippen LogP contribution is -2.24. The van der Waals surface area contributed by atoms with E-state index in [1.165, 1.54) is 0 Å². The lowest BCUT2D eigenvalue weighted by atomic mass is 10.0. The number of likely N-dealkylation sites (N-methyl/N-ethyl adjacent to an activating group) is 1. The van der Waals surface area contributed by atoms with Gasteiger partial charge in [0.1, 0.15) is 6.33 Å². The van der Waals surface area contributed by atoms with Gasteiger partial charge in [-0.25, -0.2) is 9.97 Å². The van der Waals surface area contributed by atoms with Crippen molar-refractivity contribution in [3.63, 3.8) is 0 Å². The third-order valence-electron chi connectivity index (χ3n) is 3.53. The first-order valence-electron chi connectivity index (χ1n) is 7.43. The maximum atomic E-state index is 6.50. The zero-order valence-electron chi connectivity index (χ0n) is 12.8. The Hall–Kier alpha value is -1.46. The summed E-state index contributed by atoms with van der Waals surface area (Å²) in [6, 6.07) is 0.139. The minimum atomic E-state index is 0.139. The Labute approximate surface area is 130 Å². The van der Waals surface area contributed by atoms with Gasteiger partial charge in [0.15, 0.2) is 0 Å². The Balaban J connectivity index is 2.31. The van der Waals surface area contributed by atoms with E-state index < -0.39 is 0 Å². The number of hydrogen-bond acceptors (Lipinski definition) is 4. The average Bonchev–Trinajstić information content (AvgIpc) is 2.83. The second kappa shape index (κ2) is 7.52. The molecule has 0 fully saturated rings. The van der Waals surface area contributed by atoms with Crippen molar-refractivity contribution in [2.75, 3.05) is 6.54 Å². The molecule has 0 spiro atoms. The van der Waals surface area contributed by atoms with Crippen LogP contribution in [0, 0.1) is 0 Å². The highest BCUT2D eigenvalue weighted by molar-refractivity contribution is 6.31. The van der Waals surface area contributed by atoms with Crippen molar-refractivity contribution < 1.29 is 0 Å². The van der Waals surface area contributed by atoms with E-state index in [2.05, 4.69) is 41.2 Å². The van der Waals surface area contributed by atoms with Gasteiger partial charge in [-0.3, -0.25) is 4.68 Å². The van der Waals surface area contributed by atoms with Gasteiger partial charge < -0.3 is 5.32 Å². The molecule has 0 aliphatic rings. The van der Waals surface area contributed by atoms with E-state index in [0.29, 0.717) is 0 Å². The topological polar surface area (TPSA) is 55.6 Å². The molecular weight excluding hydrogens is 286 g/mol. The third kappa shape index (κ3) is 3.60. The summed E-state index contributed by atoms with van der Waals surface area (Å²) < 4.78 is 2.00. The van der Waals surface area contributed by atoms with Crippen molar-refractivity contribution in [1.82, 2.24) is 25.1 Å². The highest BCUT2D eigenvalue weighted by atomic mass is 35.5. The van der Waals surface area contributed by atoms with Crippen molar-refractivity contribution in [3.05, 3.63) is 40.7 Å². The normalized spacial score (nSPS) is 12.6. The van der Waals surface area contributed by atoms with E-state index in [1.54, 1.807) is 6.33 Å². The fourth-order valence-corrected chi connectivity index (χ4v) is 2.80. The van der Waals surface area contributed by atoms with Gasteiger partial charge in [-0.15, -0.1) is 0 Å². The fourth-order valence-electron chi connectivity index (χ4n) is 2.45. The average molecular weight is 308 g/mol. The molecule has 1 atom stereocenters. The van der Waals surface area contributed by atoms with Gasteiger partial charge in [0, 0.05) is 37.0 Å². The highest BCUT2D eigenvalue weighted by Gasteiger charge is 2.20. The number of hydrogen-bond donors (Lipinski definition) is 1. The van der Waals surface area contributed by atoms with Crippen molar-refractivity contribution in [2.24, 2.45) is 0 Å². The Kier molecular flexibility index (Phi) is 5.70. The lowest BCUT2D eigenvalue weighted by molar-refractivity contribution is 0.513. The number of halogens is 1. The molecule has 5 nitrogen and oxygen atoms in total. The Morgan fingerprint density at radius 1 is 1.24 bits per heavy atom. The largest absolute Gasteiger partial charge is 0.310 e. The summed E-state index contributed by atoms with van der Waals surface area (Å²) in [4.78, 5) is 8.22. The van der Waals surface area contributed by atoms with E-state index in [-0.39, 0.29) is 6.04 Å². The second-order valence-electron chi connectivity index (χ2n) is 4.86. The minimum Gasteiger partial charge on any atom is -0.310 e. The van der Waals surface area contributed by atoms with E-state index in [4.69, 9.17) is 11.6 Å². The van der Waals surface area contributed by atoms with Crippen LogP contribution in [0.15, 0.2) is 18.7 Å². The van der Waals surface area contributed by atoms with E-state index >= 15 is 0 Å². The first kappa shape index (κ1) is 15.9. The molecule has 1 unspecified atom stereocenters. The fraction of sp³-hybridized carbons (Fsp3) is 0.533. The van der Waals surface area contributed by atoms with Crippen LogP contribution in [0.2, 0.25) is 5.02 Å². The minimum absolute atomic E-state index is 0.139. The lowest BCUT2D eigenvalue weighted by Gasteiger charge is -2.18. The molecule has 0 saturated heterocycles. The third-order valence-corrected chi connectivity index (χ3v) is 3.96. The van der Waals surface area contributed by atoms with Gasteiger partial charge >= 0.3 is 0 Å². The van der Waals surface area contributed by atoms with Gasteiger partial charge in [0.25, 0.3) is 0 Å². The number of aryl methyl sites for hydroxylation is 2. The predicted octanol–water partition coefficient (Wildman–Crippen LogP) is 2.80. The Morgan fingerprint density at radius 2 is 1.95 bits per heavy atom. The molecule has 0 amide bonds. The number of nitrogens with one attached hydrogen (secondary N) is 1. The quantitative estimate of drug-likeness (QED) is 0.854. The van der Waals surface area contributed by atoms with Crippen LogP contribution < -0.4 is 5.32 Å². The molecule has 2 aromatic heterocycles. The SMILES string of the molecule is CCNC(Cc1c(Cl)c(CC)nn1CC)c1cncnc1. The number of rotatable bonds is 7.